The Morgan fingerprint density at radius 3 is 2.00 bits per heavy atom. The van der Waals surface area contributed by atoms with Gasteiger partial charge in [0, 0.05) is 30.2 Å². The number of phenols is 2. The van der Waals surface area contributed by atoms with Crippen molar-refractivity contribution in [1.82, 2.24) is 10.6 Å². The van der Waals surface area contributed by atoms with Gasteiger partial charge in [-0.15, -0.1) is 0 Å². The molecule has 0 saturated heterocycles. The highest BCUT2D eigenvalue weighted by molar-refractivity contribution is 5.39. The number of nitrogens with one attached hydrogen (secondary N) is 2. The summed E-state index contributed by atoms with van der Waals surface area (Å²) in [5.41, 5.74) is 1.14. The molecule has 0 fully saturated rings. The maximum Gasteiger partial charge on any atom is 0.136 e. The molecule has 6 heteroatoms. The van der Waals surface area contributed by atoms with E-state index >= 15 is 0 Å². The van der Waals surface area contributed by atoms with E-state index in [1.54, 1.807) is 30.3 Å². The van der Waals surface area contributed by atoms with Gasteiger partial charge in [-0.1, -0.05) is 12.1 Å². The molecular formula is C24H36N2O4. The molecular weight excluding hydrogens is 380 g/mol. The van der Waals surface area contributed by atoms with Gasteiger partial charge >= 0.3 is 0 Å². The van der Waals surface area contributed by atoms with Crippen LogP contribution in [0.3, 0.4) is 0 Å². The molecule has 2 aromatic rings. The van der Waals surface area contributed by atoms with Gasteiger partial charge in [0.2, 0.25) is 0 Å². The van der Waals surface area contributed by atoms with E-state index in [9.17, 15) is 15.3 Å². The second-order valence-corrected chi connectivity index (χ2v) is 9.74. The molecule has 2 atom stereocenters. The van der Waals surface area contributed by atoms with Gasteiger partial charge in [-0.3, -0.25) is 0 Å². The monoisotopic (exact) mass is 416 g/mol. The highest BCUT2D eigenvalue weighted by Crippen LogP contribution is 2.30. The van der Waals surface area contributed by atoms with E-state index in [2.05, 4.69) is 31.4 Å². The Bertz CT molecular complexity index is 825. The first-order valence-corrected chi connectivity index (χ1v) is 10.3. The molecule has 0 heterocycles. The van der Waals surface area contributed by atoms with E-state index < -0.39 is 12.2 Å². The van der Waals surface area contributed by atoms with Crippen LogP contribution in [0.2, 0.25) is 0 Å². The summed E-state index contributed by atoms with van der Waals surface area (Å²) in [4.78, 5) is 0. The van der Waals surface area contributed by atoms with Crippen molar-refractivity contribution in [1.29, 1.82) is 0 Å². The fourth-order valence-electron chi connectivity index (χ4n) is 2.90. The summed E-state index contributed by atoms with van der Waals surface area (Å²) >= 11 is 0. The Kier molecular flexibility index (Phi) is 7.75. The number of β-amino-alcohol motifs (C(OH)–C–C–N with tert-alkyl or cyclic N) is 1. The number of aliphatic hydroxyl groups is 1. The first-order chi connectivity index (χ1) is 13.8. The van der Waals surface area contributed by atoms with Crippen molar-refractivity contribution in [2.45, 2.75) is 64.8 Å². The SMILES string of the molecule is CC(C)(C)NCC(O)c1cc(O)cc(OC(CNC(C)(C)C)c2cccc(O)c2)c1. The molecule has 2 aromatic carbocycles. The standard InChI is InChI=1S/C24H36N2O4/c1-23(2,3)25-14-21(29)17-11-19(28)13-20(12-17)30-22(15-26-24(4,5)6)16-8-7-9-18(27)10-16/h7-13,21-22,25-29H,14-15H2,1-6H3. The van der Waals surface area contributed by atoms with Gasteiger partial charge in [0.15, 0.2) is 0 Å². The van der Waals surface area contributed by atoms with Gasteiger partial charge in [-0.25, -0.2) is 0 Å². The third-order valence-corrected chi connectivity index (χ3v) is 4.46. The number of benzene rings is 2. The van der Waals surface area contributed by atoms with Gasteiger partial charge in [0.25, 0.3) is 0 Å². The van der Waals surface area contributed by atoms with E-state index in [1.165, 1.54) is 6.07 Å². The Morgan fingerprint density at radius 2 is 1.40 bits per heavy atom. The van der Waals surface area contributed by atoms with Gasteiger partial charge in [-0.05, 0) is 76.9 Å². The van der Waals surface area contributed by atoms with Crippen molar-refractivity contribution in [3.63, 3.8) is 0 Å². The fourth-order valence-corrected chi connectivity index (χ4v) is 2.90. The molecule has 0 aliphatic rings. The molecule has 0 saturated carbocycles. The molecule has 0 aromatic heterocycles. The van der Waals surface area contributed by atoms with E-state index in [0.29, 0.717) is 24.4 Å². The molecule has 0 spiro atoms. The van der Waals surface area contributed by atoms with Crippen LogP contribution < -0.4 is 15.4 Å². The first kappa shape index (κ1) is 24.0. The van der Waals surface area contributed by atoms with Crippen LogP contribution in [-0.4, -0.2) is 39.5 Å². The second-order valence-electron chi connectivity index (χ2n) is 9.74. The maximum atomic E-state index is 10.6. The fraction of sp³-hybridized carbons (Fsp3) is 0.500. The van der Waals surface area contributed by atoms with Gasteiger partial charge in [0.1, 0.15) is 23.4 Å². The molecule has 30 heavy (non-hydrogen) atoms. The lowest BCUT2D eigenvalue weighted by Gasteiger charge is -2.27. The van der Waals surface area contributed by atoms with E-state index in [0.717, 1.165) is 5.56 Å². The number of ether oxygens (including phenoxy) is 1. The third-order valence-electron chi connectivity index (χ3n) is 4.46. The van der Waals surface area contributed by atoms with E-state index in [-0.39, 0.29) is 22.6 Å². The van der Waals surface area contributed by atoms with Crippen LogP contribution in [0.4, 0.5) is 0 Å². The van der Waals surface area contributed by atoms with Crippen LogP contribution in [0.15, 0.2) is 42.5 Å². The quantitative estimate of drug-likeness (QED) is 0.446. The summed E-state index contributed by atoms with van der Waals surface area (Å²) in [6.07, 6.45) is -1.18. The zero-order valence-corrected chi connectivity index (χ0v) is 18.9. The van der Waals surface area contributed by atoms with Gasteiger partial charge < -0.3 is 30.7 Å². The Morgan fingerprint density at radius 1 is 0.800 bits per heavy atom. The van der Waals surface area contributed by atoms with Crippen molar-refractivity contribution >= 4 is 0 Å². The topological polar surface area (TPSA) is 94.0 Å². The van der Waals surface area contributed by atoms with Crippen molar-refractivity contribution < 1.29 is 20.1 Å². The van der Waals surface area contributed by atoms with Crippen LogP contribution in [-0.2, 0) is 0 Å². The summed E-state index contributed by atoms with van der Waals surface area (Å²) in [7, 11) is 0. The van der Waals surface area contributed by atoms with Crippen LogP contribution in [0.5, 0.6) is 17.2 Å². The average Bonchev–Trinajstić information content (AvgIpc) is 2.61. The van der Waals surface area contributed by atoms with E-state index in [1.807, 2.05) is 26.8 Å². The maximum absolute atomic E-state index is 10.6. The largest absolute Gasteiger partial charge is 0.508 e. The minimum absolute atomic E-state index is 0.0238. The average molecular weight is 417 g/mol. The minimum Gasteiger partial charge on any atom is -0.508 e. The second kappa shape index (κ2) is 9.69. The molecule has 0 aliphatic heterocycles. The Hall–Kier alpha value is -2.28. The summed E-state index contributed by atoms with van der Waals surface area (Å²) in [5.74, 6) is 0.636. The molecule has 6 nitrogen and oxygen atoms in total. The smallest absolute Gasteiger partial charge is 0.136 e. The molecule has 0 aliphatic carbocycles. The predicted octanol–water partition coefficient (Wildman–Crippen LogP) is 4.03. The normalized spacial score (nSPS) is 14.4. The summed E-state index contributed by atoms with van der Waals surface area (Å²) in [6.45, 7) is 13.1. The van der Waals surface area contributed by atoms with Crippen LogP contribution >= 0.6 is 0 Å². The van der Waals surface area contributed by atoms with Crippen LogP contribution in [0, 0.1) is 0 Å². The Labute approximate surface area is 179 Å². The highest BCUT2D eigenvalue weighted by atomic mass is 16.5. The number of rotatable bonds is 8. The molecule has 0 radical (unpaired) electrons. The van der Waals surface area contributed by atoms with Crippen LogP contribution in [0.1, 0.15) is 64.9 Å². The number of hydrogen-bond donors (Lipinski definition) is 5. The molecule has 2 rings (SSSR count). The minimum atomic E-state index is -0.786. The molecule has 5 N–H and O–H groups in total. The molecule has 2 unspecified atom stereocenters. The third kappa shape index (κ3) is 8.22. The number of phenolic OH excluding ortho intramolecular Hbond substituents is 2. The highest BCUT2D eigenvalue weighted by Gasteiger charge is 2.20. The number of aromatic hydroxyl groups is 2. The first-order valence-electron chi connectivity index (χ1n) is 10.3. The number of hydrogen-bond acceptors (Lipinski definition) is 6. The van der Waals surface area contributed by atoms with Crippen molar-refractivity contribution in [2.75, 3.05) is 13.1 Å². The zero-order chi connectivity index (χ0) is 22.5. The lowest BCUT2D eigenvalue weighted by molar-refractivity contribution is 0.160. The lowest BCUT2D eigenvalue weighted by atomic mass is 10.0. The van der Waals surface area contributed by atoms with Gasteiger partial charge in [-0.2, -0.15) is 0 Å². The predicted molar refractivity (Wildman–Crippen MR) is 120 cm³/mol. The van der Waals surface area contributed by atoms with Gasteiger partial charge in [0.05, 0.1) is 6.10 Å². The molecule has 0 amide bonds. The van der Waals surface area contributed by atoms with Crippen molar-refractivity contribution in [3.05, 3.63) is 53.6 Å². The van der Waals surface area contributed by atoms with Crippen molar-refractivity contribution in [3.8, 4) is 17.2 Å². The van der Waals surface area contributed by atoms with Crippen molar-refractivity contribution in [2.24, 2.45) is 0 Å². The summed E-state index contributed by atoms with van der Waals surface area (Å²) < 4.78 is 6.20. The molecule has 166 valence electrons. The lowest BCUT2D eigenvalue weighted by Crippen LogP contribution is -2.39. The van der Waals surface area contributed by atoms with Crippen LogP contribution in [0.25, 0.3) is 0 Å². The Balaban J connectivity index is 2.25. The summed E-state index contributed by atoms with van der Waals surface area (Å²) in [5, 5.41) is 37.3. The number of aliphatic hydroxyl groups excluding tert-OH is 1. The zero-order valence-electron chi connectivity index (χ0n) is 18.9. The summed E-state index contributed by atoms with van der Waals surface area (Å²) in [6, 6.07) is 11.7. The van der Waals surface area contributed by atoms with E-state index in [4.69, 9.17) is 4.74 Å². The molecule has 0 bridgehead atoms.